The number of benzene rings is 3. The maximum atomic E-state index is 13.3. The Kier molecular flexibility index (Phi) is 7.79. The zero-order valence-electron chi connectivity index (χ0n) is 18.4. The maximum absolute atomic E-state index is 13.3. The summed E-state index contributed by atoms with van der Waals surface area (Å²) in [5.41, 5.74) is 0.227. The Morgan fingerprint density at radius 2 is 1.78 bits per heavy atom. The van der Waals surface area contributed by atoms with Crippen molar-refractivity contribution < 1.29 is 27.2 Å². The van der Waals surface area contributed by atoms with Gasteiger partial charge in [-0.15, -0.1) is 0 Å². The van der Waals surface area contributed by atoms with E-state index >= 15 is 0 Å². The lowest BCUT2D eigenvalue weighted by atomic mass is 10.2. The van der Waals surface area contributed by atoms with Gasteiger partial charge in [0.05, 0.1) is 17.8 Å². The number of carbonyl (C=O) groups excluding carboxylic acids is 2. The van der Waals surface area contributed by atoms with Crippen LogP contribution >= 0.6 is 27.7 Å². The van der Waals surface area contributed by atoms with E-state index < -0.39 is 34.6 Å². The molecular formula is C25H18BrF4N3O2S. The molecule has 1 fully saturated rings. The van der Waals surface area contributed by atoms with Crippen molar-refractivity contribution in [2.45, 2.75) is 24.4 Å². The number of nitrogens with one attached hydrogen (secondary N) is 1. The summed E-state index contributed by atoms with van der Waals surface area (Å²) in [6, 6.07) is 16.8. The van der Waals surface area contributed by atoms with Gasteiger partial charge >= 0.3 is 6.18 Å². The van der Waals surface area contributed by atoms with Crippen LogP contribution in [0, 0.1) is 5.82 Å². The van der Waals surface area contributed by atoms with Gasteiger partial charge in [-0.05, 0) is 60.2 Å². The van der Waals surface area contributed by atoms with Gasteiger partial charge in [-0.3, -0.25) is 14.5 Å². The zero-order chi connectivity index (χ0) is 25.9. The first-order valence-electron chi connectivity index (χ1n) is 10.6. The van der Waals surface area contributed by atoms with Crippen LogP contribution in [0.15, 0.2) is 82.3 Å². The highest BCUT2D eigenvalue weighted by atomic mass is 79.9. The molecule has 4 rings (SSSR count). The van der Waals surface area contributed by atoms with Gasteiger partial charge in [0.2, 0.25) is 11.8 Å². The van der Waals surface area contributed by atoms with Crippen LogP contribution in [-0.4, -0.2) is 27.1 Å². The van der Waals surface area contributed by atoms with Gasteiger partial charge in [-0.2, -0.15) is 13.2 Å². The van der Waals surface area contributed by atoms with Crippen LogP contribution in [-0.2, 0) is 22.3 Å². The molecule has 0 aromatic heterocycles. The van der Waals surface area contributed by atoms with Crippen LogP contribution in [0.1, 0.15) is 17.5 Å². The molecule has 0 spiro atoms. The number of carbonyl (C=O) groups is 2. The van der Waals surface area contributed by atoms with Crippen LogP contribution < -0.4 is 5.32 Å². The van der Waals surface area contributed by atoms with E-state index in [-0.39, 0.29) is 23.8 Å². The molecule has 3 aromatic rings. The quantitative estimate of drug-likeness (QED) is 0.339. The van der Waals surface area contributed by atoms with Gasteiger partial charge in [-0.1, -0.05) is 45.9 Å². The lowest BCUT2D eigenvalue weighted by molar-refractivity contribution is -0.137. The molecule has 0 radical (unpaired) electrons. The second-order valence-electron chi connectivity index (χ2n) is 7.86. The van der Waals surface area contributed by atoms with Crippen molar-refractivity contribution in [2.75, 3.05) is 5.32 Å². The Labute approximate surface area is 216 Å². The van der Waals surface area contributed by atoms with Crippen molar-refractivity contribution in [2.24, 2.45) is 4.99 Å². The Balaban J connectivity index is 1.64. The van der Waals surface area contributed by atoms with E-state index in [0.29, 0.717) is 11.3 Å². The molecule has 1 saturated heterocycles. The largest absolute Gasteiger partial charge is 0.416 e. The summed E-state index contributed by atoms with van der Waals surface area (Å²) in [6.45, 7) is 0.0188. The van der Waals surface area contributed by atoms with E-state index in [1.165, 1.54) is 41.3 Å². The number of rotatable bonds is 5. The summed E-state index contributed by atoms with van der Waals surface area (Å²) in [6.07, 6.45) is -4.71. The number of amidine groups is 1. The van der Waals surface area contributed by atoms with Crippen LogP contribution in [0.25, 0.3) is 0 Å². The summed E-state index contributed by atoms with van der Waals surface area (Å²) >= 11 is 4.30. The molecule has 1 heterocycles. The Morgan fingerprint density at radius 3 is 2.44 bits per heavy atom. The molecular weight excluding hydrogens is 562 g/mol. The normalized spacial score (nSPS) is 17.4. The van der Waals surface area contributed by atoms with Gasteiger partial charge in [0, 0.05) is 16.6 Å². The molecule has 0 saturated carbocycles. The second-order valence-corrected chi connectivity index (χ2v) is 9.94. The van der Waals surface area contributed by atoms with E-state index in [1.807, 2.05) is 0 Å². The summed E-state index contributed by atoms with van der Waals surface area (Å²) in [5.74, 6) is -1.31. The number of aliphatic imine (C=N–C) groups is 1. The van der Waals surface area contributed by atoms with Crippen molar-refractivity contribution in [3.8, 4) is 0 Å². The number of amides is 2. The second kappa shape index (κ2) is 10.8. The predicted octanol–water partition coefficient (Wildman–Crippen LogP) is 6.77. The zero-order valence-corrected chi connectivity index (χ0v) is 20.8. The van der Waals surface area contributed by atoms with Crippen molar-refractivity contribution in [1.29, 1.82) is 0 Å². The fourth-order valence-corrected chi connectivity index (χ4v) is 4.75. The van der Waals surface area contributed by atoms with Crippen molar-refractivity contribution >= 4 is 56.0 Å². The summed E-state index contributed by atoms with van der Waals surface area (Å²) < 4.78 is 53.8. The number of anilines is 1. The smallest absolute Gasteiger partial charge is 0.325 e. The van der Waals surface area contributed by atoms with E-state index in [4.69, 9.17) is 0 Å². The van der Waals surface area contributed by atoms with Crippen LogP contribution in [0.3, 0.4) is 0 Å². The number of hydrogen-bond donors (Lipinski definition) is 1. The molecule has 1 unspecified atom stereocenters. The monoisotopic (exact) mass is 579 g/mol. The van der Waals surface area contributed by atoms with Crippen molar-refractivity contribution in [3.63, 3.8) is 0 Å². The highest BCUT2D eigenvalue weighted by Gasteiger charge is 2.36. The molecule has 1 N–H and O–H groups in total. The van der Waals surface area contributed by atoms with Crippen LogP contribution in [0.5, 0.6) is 0 Å². The molecule has 36 heavy (non-hydrogen) atoms. The van der Waals surface area contributed by atoms with Gasteiger partial charge in [0.1, 0.15) is 11.1 Å². The topological polar surface area (TPSA) is 61.8 Å². The maximum Gasteiger partial charge on any atom is 0.416 e. The first-order chi connectivity index (χ1) is 17.1. The SMILES string of the molecule is O=C(Nc1ccc(Br)cc1)C1CC(=O)N(Cc2ccc(F)cc2)C(=Nc2cccc(C(F)(F)F)c2)S1. The third-order valence-electron chi connectivity index (χ3n) is 5.20. The molecule has 11 heteroatoms. The third kappa shape index (κ3) is 6.52. The van der Waals surface area contributed by atoms with E-state index in [1.54, 1.807) is 24.3 Å². The minimum absolute atomic E-state index is 0.0156. The average Bonchev–Trinajstić information content (AvgIpc) is 2.83. The lowest BCUT2D eigenvalue weighted by Crippen LogP contribution is -2.44. The number of thioether (sulfide) groups is 1. The highest BCUT2D eigenvalue weighted by Crippen LogP contribution is 2.34. The molecule has 186 valence electrons. The van der Waals surface area contributed by atoms with Crippen molar-refractivity contribution in [1.82, 2.24) is 4.90 Å². The standard InChI is InChI=1S/C25H18BrF4N3O2S/c26-17-6-10-19(11-7-17)31-23(35)21-13-22(34)33(14-15-4-8-18(27)9-5-15)24(36-21)32-20-3-1-2-16(12-20)25(28,29)30/h1-12,21H,13-14H2,(H,31,35). The fourth-order valence-electron chi connectivity index (χ4n) is 3.39. The highest BCUT2D eigenvalue weighted by molar-refractivity contribution is 9.10. The number of nitrogens with zero attached hydrogens (tertiary/aromatic N) is 2. The summed E-state index contributed by atoms with van der Waals surface area (Å²) in [7, 11) is 0. The van der Waals surface area contributed by atoms with Crippen LogP contribution in [0.4, 0.5) is 28.9 Å². The molecule has 5 nitrogen and oxygen atoms in total. The molecule has 1 aliphatic heterocycles. The number of hydrogen-bond acceptors (Lipinski definition) is 4. The molecule has 0 aliphatic carbocycles. The molecule has 0 bridgehead atoms. The predicted molar refractivity (Wildman–Crippen MR) is 134 cm³/mol. The van der Waals surface area contributed by atoms with Gasteiger partial charge in [0.15, 0.2) is 5.17 Å². The minimum Gasteiger partial charge on any atom is -0.325 e. The molecule has 1 atom stereocenters. The van der Waals surface area contributed by atoms with E-state index in [0.717, 1.165) is 28.4 Å². The lowest BCUT2D eigenvalue weighted by Gasteiger charge is -2.32. The van der Waals surface area contributed by atoms with Gasteiger partial charge < -0.3 is 5.32 Å². The summed E-state index contributed by atoms with van der Waals surface area (Å²) in [4.78, 5) is 31.6. The van der Waals surface area contributed by atoms with Gasteiger partial charge in [0.25, 0.3) is 0 Å². The Bertz CT molecular complexity index is 1300. The minimum atomic E-state index is -4.56. The number of halogens is 5. The van der Waals surface area contributed by atoms with E-state index in [2.05, 4.69) is 26.2 Å². The van der Waals surface area contributed by atoms with Crippen molar-refractivity contribution in [3.05, 3.63) is 94.2 Å². The third-order valence-corrected chi connectivity index (χ3v) is 6.91. The van der Waals surface area contributed by atoms with Gasteiger partial charge in [-0.25, -0.2) is 9.38 Å². The Hall–Kier alpha value is -3.18. The number of alkyl halides is 3. The Morgan fingerprint density at radius 1 is 1.08 bits per heavy atom. The first kappa shape index (κ1) is 25.9. The summed E-state index contributed by atoms with van der Waals surface area (Å²) in [5, 5.41) is 1.97. The molecule has 2 amide bonds. The molecule has 1 aliphatic rings. The van der Waals surface area contributed by atoms with E-state index in [9.17, 15) is 27.2 Å². The average molecular weight is 580 g/mol. The first-order valence-corrected chi connectivity index (χ1v) is 12.3. The van der Waals surface area contributed by atoms with Crippen LogP contribution in [0.2, 0.25) is 0 Å². The fraction of sp³-hybridized carbons (Fsp3) is 0.160. The molecule has 3 aromatic carbocycles.